The van der Waals surface area contributed by atoms with Gasteiger partial charge in [0, 0.05) is 5.69 Å². The maximum atomic E-state index is 13.7. The lowest BCUT2D eigenvalue weighted by atomic mass is 9.96. The second-order valence-electron chi connectivity index (χ2n) is 5.30. The molecule has 1 N–H and O–H groups in total. The van der Waals surface area contributed by atoms with E-state index in [9.17, 15) is 26.7 Å². The van der Waals surface area contributed by atoms with Crippen molar-refractivity contribution in [3.63, 3.8) is 0 Å². The Morgan fingerprint density at radius 3 is 2.00 bits per heavy atom. The van der Waals surface area contributed by atoms with Gasteiger partial charge in [-0.15, -0.1) is 0 Å². The van der Waals surface area contributed by atoms with Crippen LogP contribution < -0.4 is 5.32 Å². The highest BCUT2D eigenvalue weighted by molar-refractivity contribution is 6.05. The van der Waals surface area contributed by atoms with E-state index in [2.05, 4.69) is 5.32 Å². The molecule has 0 aliphatic rings. The molecule has 0 unspecified atom stereocenters. The van der Waals surface area contributed by atoms with Crippen LogP contribution in [0.3, 0.4) is 0 Å². The van der Waals surface area contributed by atoms with Crippen LogP contribution in [0.5, 0.6) is 0 Å². The zero-order valence-corrected chi connectivity index (χ0v) is 12.9. The lowest BCUT2D eigenvalue weighted by Crippen LogP contribution is -2.20. The van der Waals surface area contributed by atoms with E-state index in [1.54, 1.807) is 18.2 Å². The SMILES string of the molecule is CC[C@@H](C)c1ccccc1NC(=O)c1c(F)c(F)c(F)c(F)c1F. The predicted molar refractivity (Wildman–Crippen MR) is 79.3 cm³/mol. The summed E-state index contributed by atoms with van der Waals surface area (Å²) in [4.78, 5) is 12.1. The van der Waals surface area contributed by atoms with Crippen molar-refractivity contribution in [2.24, 2.45) is 0 Å². The highest BCUT2D eigenvalue weighted by Crippen LogP contribution is 2.28. The summed E-state index contributed by atoms with van der Waals surface area (Å²) in [6, 6.07) is 6.50. The Morgan fingerprint density at radius 1 is 0.958 bits per heavy atom. The summed E-state index contributed by atoms with van der Waals surface area (Å²) in [5, 5.41) is 2.22. The first kappa shape index (κ1) is 17.9. The summed E-state index contributed by atoms with van der Waals surface area (Å²) in [7, 11) is 0. The Labute approximate surface area is 135 Å². The van der Waals surface area contributed by atoms with E-state index in [-0.39, 0.29) is 11.6 Å². The molecule has 0 heterocycles. The Morgan fingerprint density at radius 2 is 1.46 bits per heavy atom. The number of carbonyl (C=O) groups excluding carboxylic acids is 1. The van der Waals surface area contributed by atoms with E-state index < -0.39 is 40.6 Å². The number of amides is 1. The molecule has 0 radical (unpaired) electrons. The lowest BCUT2D eigenvalue weighted by molar-refractivity contribution is 0.101. The van der Waals surface area contributed by atoms with Gasteiger partial charge in [-0.2, -0.15) is 0 Å². The van der Waals surface area contributed by atoms with Crippen LogP contribution in [-0.2, 0) is 0 Å². The minimum Gasteiger partial charge on any atom is -0.322 e. The Bertz CT molecular complexity index is 762. The van der Waals surface area contributed by atoms with Gasteiger partial charge >= 0.3 is 0 Å². The Hall–Kier alpha value is -2.44. The van der Waals surface area contributed by atoms with E-state index in [1.807, 2.05) is 13.8 Å². The Balaban J connectivity index is 2.46. The first-order valence-electron chi connectivity index (χ1n) is 7.21. The normalized spacial score (nSPS) is 12.1. The number of para-hydroxylation sites is 1. The van der Waals surface area contributed by atoms with Gasteiger partial charge in [0.05, 0.1) is 0 Å². The van der Waals surface area contributed by atoms with Crippen molar-refractivity contribution in [2.45, 2.75) is 26.2 Å². The van der Waals surface area contributed by atoms with Gasteiger partial charge in [-0.3, -0.25) is 4.79 Å². The van der Waals surface area contributed by atoms with Crippen LogP contribution in [0.15, 0.2) is 24.3 Å². The van der Waals surface area contributed by atoms with Crippen molar-refractivity contribution in [3.05, 3.63) is 64.5 Å². The molecule has 2 aromatic rings. The number of rotatable bonds is 4. The van der Waals surface area contributed by atoms with Gasteiger partial charge in [-0.25, -0.2) is 22.0 Å². The zero-order chi connectivity index (χ0) is 18.0. The smallest absolute Gasteiger partial charge is 0.261 e. The van der Waals surface area contributed by atoms with E-state index >= 15 is 0 Å². The summed E-state index contributed by atoms with van der Waals surface area (Å²) in [6.45, 7) is 3.79. The van der Waals surface area contributed by atoms with Crippen LogP contribution >= 0.6 is 0 Å². The van der Waals surface area contributed by atoms with Crippen LogP contribution in [0.1, 0.15) is 42.1 Å². The topological polar surface area (TPSA) is 29.1 Å². The molecule has 1 amide bonds. The Kier molecular flexibility index (Phi) is 5.21. The zero-order valence-electron chi connectivity index (χ0n) is 12.9. The van der Waals surface area contributed by atoms with Crippen LogP contribution in [0.2, 0.25) is 0 Å². The number of carbonyl (C=O) groups is 1. The first-order chi connectivity index (χ1) is 11.3. The molecule has 128 valence electrons. The molecule has 2 nitrogen and oxygen atoms in total. The monoisotopic (exact) mass is 343 g/mol. The quantitative estimate of drug-likeness (QED) is 0.464. The first-order valence-corrected chi connectivity index (χ1v) is 7.21. The van der Waals surface area contributed by atoms with E-state index in [0.717, 1.165) is 6.42 Å². The summed E-state index contributed by atoms with van der Waals surface area (Å²) in [6.07, 6.45) is 0.732. The molecule has 2 rings (SSSR count). The van der Waals surface area contributed by atoms with Crippen LogP contribution in [0.4, 0.5) is 27.6 Å². The average Bonchev–Trinajstić information content (AvgIpc) is 2.58. The highest BCUT2D eigenvalue weighted by atomic mass is 19.2. The molecule has 0 bridgehead atoms. The standard InChI is InChI=1S/C17H14F5NO/c1-3-8(2)9-6-4-5-7-10(9)23-17(24)11-12(18)14(20)16(22)15(21)13(11)19/h4-8H,3H2,1-2H3,(H,23,24)/t8-/m1/s1. The lowest BCUT2D eigenvalue weighted by Gasteiger charge is -2.16. The van der Waals surface area contributed by atoms with Crippen LogP contribution in [-0.4, -0.2) is 5.91 Å². The molecule has 0 saturated heterocycles. The summed E-state index contributed by atoms with van der Waals surface area (Å²) >= 11 is 0. The molecule has 2 aromatic carbocycles. The number of anilines is 1. The van der Waals surface area contributed by atoms with Crippen molar-refractivity contribution in [2.75, 3.05) is 5.32 Å². The van der Waals surface area contributed by atoms with Crippen LogP contribution in [0, 0.1) is 29.1 Å². The van der Waals surface area contributed by atoms with E-state index in [0.29, 0.717) is 5.56 Å². The fourth-order valence-electron chi connectivity index (χ4n) is 2.25. The van der Waals surface area contributed by atoms with Crippen molar-refractivity contribution >= 4 is 11.6 Å². The molecule has 0 aromatic heterocycles. The third-order valence-corrected chi connectivity index (χ3v) is 3.79. The molecule has 24 heavy (non-hydrogen) atoms. The highest BCUT2D eigenvalue weighted by Gasteiger charge is 2.30. The summed E-state index contributed by atoms with van der Waals surface area (Å²) in [5.74, 6) is -12.3. The van der Waals surface area contributed by atoms with Gasteiger partial charge in [-0.1, -0.05) is 32.0 Å². The van der Waals surface area contributed by atoms with E-state index in [4.69, 9.17) is 0 Å². The van der Waals surface area contributed by atoms with Gasteiger partial charge in [0.1, 0.15) is 5.56 Å². The minimum absolute atomic E-state index is 0.0258. The number of hydrogen-bond acceptors (Lipinski definition) is 1. The largest absolute Gasteiger partial charge is 0.322 e. The average molecular weight is 343 g/mol. The fraction of sp³-hybridized carbons (Fsp3) is 0.235. The molecule has 0 aliphatic carbocycles. The van der Waals surface area contributed by atoms with Crippen molar-refractivity contribution in [3.8, 4) is 0 Å². The third kappa shape index (κ3) is 3.11. The van der Waals surface area contributed by atoms with Gasteiger partial charge in [0.25, 0.3) is 5.91 Å². The number of nitrogens with one attached hydrogen (secondary N) is 1. The molecule has 7 heteroatoms. The van der Waals surface area contributed by atoms with Gasteiger partial charge in [0.2, 0.25) is 5.82 Å². The molecule has 0 aliphatic heterocycles. The molecular formula is C17H14F5NO. The van der Waals surface area contributed by atoms with Gasteiger partial charge in [0.15, 0.2) is 23.3 Å². The van der Waals surface area contributed by atoms with Crippen molar-refractivity contribution in [1.29, 1.82) is 0 Å². The van der Waals surface area contributed by atoms with Gasteiger partial charge < -0.3 is 5.32 Å². The number of benzene rings is 2. The summed E-state index contributed by atoms with van der Waals surface area (Å²) in [5.41, 5.74) is -0.566. The fourth-order valence-corrected chi connectivity index (χ4v) is 2.25. The molecule has 0 spiro atoms. The predicted octanol–water partition coefficient (Wildman–Crippen LogP) is 5.15. The molecule has 1 atom stereocenters. The molecule has 0 saturated carbocycles. The van der Waals surface area contributed by atoms with Crippen molar-refractivity contribution < 1.29 is 26.7 Å². The number of hydrogen-bond donors (Lipinski definition) is 1. The summed E-state index contributed by atoms with van der Waals surface area (Å²) < 4.78 is 66.9. The van der Waals surface area contributed by atoms with E-state index in [1.165, 1.54) is 6.07 Å². The van der Waals surface area contributed by atoms with Crippen molar-refractivity contribution in [1.82, 2.24) is 0 Å². The molecular weight excluding hydrogens is 329 g/mol. The third-order valence-electron chi connectivity index (χ3n) is 3.79. The van der Waals surface area contributed by atoms with Crippen LogP contribution in [0.25, 0.3) is 0 Å². The van der Waals surface area contributed by atoms with Gasteiger partial charge in [-0.05, 0) is 24.0 Å². The second-order valence-corrected chi connectivity index (χ2v) is 5.30. The molecule has 0 fully saturated rings. The maximum Gasteiger partial charge on any atom is 0.261 e. The maximum absolute atomic E-state index is 13.7. The minimum atomic E-state index is -2.30. The second kappa shape index (κ2) is 6.98. The number of halogens is 5.